The maximum Gasteiger partial charge on any atom is 0.0201 e. The Morgan fingerprint density at radius 2 is 1.21 bits per heavy atom. The van der Waals surface area contributed by atoms with Crippen molar-refractivity contribution in [2.45, 2.75) is 14.7 Å². The van der Waals surface area contributed by atoms with Crippen LogP contribution >= 0.6 is 23.5 Å². The van der Waals surface area contributed by atoms with E-state index in [0.29, 0.717) is 0 Å². The zero-order valence-corrected chi connectivity index (χ0v) is 12.3. The van der Waals surface area contributed by atoms with Gasteiger partial charge in [0.2, 0.25) is 0 Å². The van der Waals surface area contributed by atoms with E-state index in [2.05, 4.69) is 73.0 Å². The molecule has 0 aliphatic carbocycles. The number of thioether (sulfide) groups is 1. The van der Waals surface area contributed by atoms with E-state index in [0.717, 1.165) is 0 Å². The molecule has 0 amide bonds. The lowest BCUT2D eigenvalue weighted by atomic mass is 10.1. The molecule has 19 heavy (non-hydrogen) atoms. The molecule has 3 aromatic rings. The van der Waals surface area contributed by atoms with Crippen molar-refractivity contribution in [3.8, 4) is 0 Å². The fourth-order valence-corrected chi connectivity index (χ4v) is 3.70. The standard InChI is InChI=1S/C17H14S2/c1-18-16-11-12-17(15-10-6-5-9-14(15)16)19-13-7-3-2-4-8-13/h2-12H,1H3. The second-order valence-corrected chi connectivity index (χ2v) is 6.19. The van der Waals surface area contributed by atoms with Gasteiger partial charge < -0.3 is 0 Å². The highest BCUT2D eigenvalue weighted by Gasteiger charge is 2.06. The maximum absolute atomic E-state index is 2.23. The molecule has 0 N–H and O–H groups in total. The summed E-state index contributed by atoms with van der Waals surface area (Å²) < 4.78 is 0. The quantitative estimate of drug-likeness (QED) is 0.564. The first kappa shape index (κ1) is 12.6. The Morgan fingerprint density at radius 3 is 1.89 bits per heavy atom. The Labute approximate surface area is 122 Å². The van der Waals surface area contributed by atoms with Crippen molar-refractivity contribution < 1.29 is 0 Å². The Hall–Kier alpha value is -1.38. The van der Waals surface area contributed by atoms with Crippen molar-refractivity contribution in [2.24, 2.45) is 0 Å². The lowest BCUT2D eigenvalue weighted by Gasteiger charge is -2.09. The highest BCUT2D eigenvalue weighted by molar-refractivity contribution is 7.99. The molecule has 0 aromatic heterocycles. The summed E-state index contributed by atoms with van der Waals surface area (Å²) in [7, 11) is 0. The fourth-order valence-electron chi connectivity index (χ4n) is 2.13. The smallest absolute Gasteiger partial charge is 0.0201 e. The number of hydrogen-bond donors (Lipinski definition) is 0. The summed E-state index contributed by atoms with van der Waals surface area (Å²) in [4.78, 5) is 3.94. The SMILES string of the molecule is CSc1ccc(Sc2ccccc2)c2ccccc12. The van der Waals surface area contributed by atoms with E-state index in [1.807, 2.05) is 11.8 Å². The van der Waals surface area contributed by atoms with Crippen molar-refractivity contribution in [2.75, 3.05) is 6.26 Å². The van der Waals surface area contributed by atoms with Crippen LogP contribution in [0, 0.1) is 0 Å². The van der Waals surface area contributed by atoms with Gasteiger partial charge in [-0.2, -0.15) is 0 Å². The van der Waals surface area contributed by atoms with E-state index in [-0.39, 0.29) is 0 Å². The predicted octanol–water partition coefficient (Wildman–Crippen LogP) is 5.71. The number of hydrogen-bond acceptors (Lipinski definition) is 2. The van der Waals surface area contributed by atoms with Gasteiger partial charge in [0.05, 0.1) is 0 Å². The third-order valence-electron chi connectivity index (χ3n) is 3.03. The van der Waals surface area contributed by atoms with Gasteiger partial charge in [-0.3, -0.25) is 0 Å². The predicted molar refractivity (Wildman–Crippen MR) is 86.3 cm³/mol. The van der Waals surface area contributed by atoms with Gasteiger partial charge in [-0.1, -0.05) is 54.2 Å². The van der Waals surface area contributed by atoms with Gasteiger partial charge in [-0.05, 0) is 41.3 Å². The van der Waals surface area contributed by atoms with Crippen LogP contribution in [0.15, 0.2) is 81.4 Å². The van der Waals surface area contributed by atoms with Gasteiger partial charge in [-0.25, -0.2) is 0 Å². The third kappa shape index (κ3) is 2.65. The summed E-state index contributed by atoms with van der Waals surface area (Å²) >= 11 is 3.63. The Kier molecular flexibility index (Phi) is 3.81. The van der Waals surface area contributed by atoms with Crippen LogP contribution in [0.3, 0.4) is 0 Å². The molecule has 3 aromatic carbocycles. The maximum atomic E-state index is 2.23. The molecule has 0 unspecified atom stereocenters. The molecule has 0 atom stereocenters. The first-order chi connectivity index (χ1) is 9.38. The van der Waals surface area contributed by atoms with Crippen LogP contribution in [-0.4, -0.2) is 6.26 Å². The molecule has 0 bridgehead atoms. The van der Waals surface area contributed by atoms with Crippen LogP contribution in [0.25, 0.3) is 10.8 Å². The first-order valence-corrected chi connectivity index (χ1v) is 8.21. The summed E-state index contributed by atoms with van der Waals surface area (Å²) in [5.41, 5.74) is 0. The monoisotopic (exact) mass is 282 g/mol. The summed E-state index contributed by atoms with van der Waals surface area (Å²) in [5.74, 6) is 0. The average Bonchev–Trinajstić information content (AvgIpc) is 2.49. The van der Waals surface area contributed by atoms with Crippen LogP contribution < -0.4 is 0 Å². The highest BCUT2D eigenvalue weighted by atomic mass is 32.2. The van der Waals surface area contributed by atoms with E-state index in [1.165, 1.54) is 25.5 Å². The Bertz CT molecular complexity index is 690. The van der Waals surface area contributed by atoms with E-state index in [9.17, 15) is 0 Å². The summed E-state index contributed by atoms with van der Waals surface area (Å²) in [6.45, 7) is 0. The van der Waals surface area contributed by atoms with Crippen molar-refractivity contribution >= 4 is 34.3 Å². The number of benzene rings is 3. The normalized spacial score (nSPS) is 10.8. The molecule has 0 aliphatic heterocycles. The van der Waals surface area contributed by atoms with E-state index in [1.54, 1.807) is 11.8 Å². The van der Waals surface area contributed by atoms with Crippen LogP contribution in [-0.2, 0) is 0 Å². The average molecular weight is 282 g/mol. The second kappa shape index (κ2) is 5.72. The summed E-state index contributed by atoms with van der Waals surface area (Å²) in [5, 5.41) is 2.68. The van der Waals surface area contributed by atoms with Gasteiger partial charge in [-0.15, -0.1) is 11.8 Å². The zero-order valence-electron chi connectivity index (χ0n) is 10.7. The third-order valence-corrected chi connectivity index (χ3v) is 4.91. The molecule has 0 saturated carbocycles. The van der Waals surface area contributed by atoms with Crippen LogP contribution in [0.1, 0.15) is 0 Å². The van der Waals surface area contributed by atoms with Crippen molar-refractivity contribution in [3.05, 3.63) is 66.7 Å². The fraction of sp³-hybridized carbons (Fsp3) is 0.0588. The minimum absolute atomic E-state index is 1.28. The molecule has 94 valence electrons. The van der Waals surface area contributed by atoms with E-state index < -0.39 is 0 Å². The van der Waals surface area contributed by atoms with Gasteiger partial charge in [0.15, 0.2) is 0 Å². The van der Waals surface area contributed by atoms with Crippen molar-refractivity contribution in [1.29, 1.82) is 0 Å². The topological polar surface area (TPSA) is 0 Å². The molecular weight excluding hydrogens is 268 g/mol. The number of rotatable bonds is 3. The second-order valence-electron chi connectivity index (χ2n) is 4.23. The Balaban J connectivity index is 2.10. The van der Waals surface area contributed by atoms with Gasteiger partial charge in [0.25, 0.3) is 0 Å². The molecular formula is C17H14S2. The molecule has 0 radical (unpaired) electrons. The molecule has 0 fully saturated rings. The molecule has 0 saturated heterocycles. The minimum Gasteiger partial charge on any atom is -0.129 e. The summed E-state index contributed by atoms with van der Waals surface area (Å²) in [6.07, 6.45) is 2.13. The molecule has 0 spiro atoms. The van der Waals surface area contributed by atoms with Crippen LogP contribution in [0.5, 0.6) is 0 Å². The lowest BCUT2D eigenvalue weighted by Crippen LogP contribution is -1.81. The zero-order chi connectivity index (χ0) is 13.1. The van der Waals surface area contributed by atoms with E-state index in [4.69, 9.17) is 0 Å². The Morgan fingerprint density at radius 1 is 0.632 bits per heavy atom. The molecule has 0 heterocycles. The van der Waals surface area contributed by atoms with Gasteiger partial charge >= 0.3 is 0 Å². The van der Waals surface area contributed by atoms with Gasteiger partial charge in [0.1, 0.15) is 0 Å². The lowest BCUT2D eigenvalue weighted by molar-refractivity contribution is 1.41. The van der Waals surface area contributed by atoms with Crippen LogP contribution in [0.4, 0.5) is 0 Å². The van der Waals surface area contributed by atoms with E-state index >= 15 is 0 Å². The largest absolute Gasteiger partial charge is 0.129 e. The molecule has 3 rings (SSSR count). The summed E-state index contributed by atoms with van der Waals surface area (Å²) in [6, 6.07) is 23.6. The first-order valence-electron chi connectivity index (χ1n) is 6.17. The van der Waals surface area contributed by atoms with Crippen LogP contribution in [0.2, 0.25) is 0 Å². The minimum atomic E-state index is 1.28. The molecule has 0 aliphatic rings. The molecule has 2 heteroatoms. The number of fused-ring (bicyclic) bond motifs is 1. The van der Waals surface area contributed by atoms with Crippen molar-refractivity contribution in [3.63, 3.8) is 0 Å². The highest BCUT2D eigenvalue weighted by Crippen LogP contribution is 2.36. The van der Waals surface area contributed by atoms with Crippen molar-refractivity contribution in [1.82, 2.24) is 0 Å². The molecule has 0 nitrogen and oxygen atoms in total. The van der Waals surface area contributed by atoms with Gasteiger partial charge in [0, 0.05) is 14.7 Å².